The van der Waals surface area contributed by atoms with E-state index < -0.39 is 0 Å². The van der Waals surface area contributed by atoms with Crippen LogP contribution in [0.1, 0.15) is 56.3 Å². The maximum Gasteiger partial charge on any atom is 0.165 e. The Kier molecular flexibility index (Phi) is 5.84. The first-order chi connectivity index (χ1) is 7.75. The number of ketones is 1. The van der Waals surface area contributed by atoms with Crippen molar-refractivity contribution in [1.82, 2.24) is 0 Å². The lowest BCUT2D eigenvalue weighted by molar-refractivity contribution is 0.0922. The zero-order valence-electron chi connectivity index (χ0n) is 10.4. The van der Waals surface area contributed by atoms with Crippen molar-refractivity contribution in [3.05, 3.63) is 35.9 Å². The molecule has 0 bridgehead atoms. The fraction of sp³-hybridized carbons (Fsp3) is 0.533. The first-order valence-electron chi connectivity index (χ1n) is 6.35. The normalized spacial score (nSPS) is 12.4. The SMILES string of the molecule is CCCCCCC(C)C(=O)c1ccccc1. The van der Waals surface area contributed by atoms with Gasteiger partial charge in [0.2, 0.25) is 0 Å². The van der Waals surface area contributed by atoms with Crippen LogP contribution in [0.2, 0.25) is 0 Å². The molecule has 1 unspecified atom stereocenters. The quantitative estimate of drug-likeness (QED) is 0.487. The number of benzene rings is 1. The van der Waals surface area contributed by atoms with Gasteiger partial charge in [0.25, 0.3) is 0 Å². The fourth-order valence-corrected chi connectivity index (χ4v) is 1.90. The second kappa shape index (κ2) is 7.21. The summed E-state index contributed by atoms with van der Waals surface area (Å²) in [6.45, 7) is 4.25. The summed E-state index contributed by atoms with van der Waals surface area (Å²) in [6.07, 6.45) is 5.98. The number of rotatable bonds is 7. The highest BCUT2D eigenvalue weighted by molar-refractivity contribution is 5.97. The second-order valence-corrected chi connectivity index (χ2v) is 4.48. The maximum atomic E-state index is 12.0. The molecule has 0 amide bonds. The van der Waals surface area contributed by atoms with Crippen LogP contribution >= 0.6 is 0 Å². The number of unbranched alkanes of at least 4 members (excludes halogenated alkanes) is 3. The highest BCUT2D eigenvalue weighted by atomic mass is 16.1. The molecular formula is C15H22O. The molecule has 1 heteroatoms. The fourth-order valence-electron chi connectivity index (χ4n) is 1.90. The third-order valence-electron chi connectivity index (χ3n) is 3.00. The molecule has 1 aromatic carbocycles. The molecule has 0 N–H and O–H groups in total. The molecular weight excluding hydrogens is 196 g/mol. The predicted octanol–water partition coefficient (Wildman–Crippen LogP) is 4.48. The third-order valence-corrected chi connectivity index (χ3v) is 3.00. The van der Waals surface area contributed by atoms with Crippen molar-refractivity contribution >= 4 is 5.78 Å². The third kappa shape index (κ3) is 4.18. The van der Waals surface area contributed by atoms with E-state index in [9.17, 15) is 4.79 Å². The molecule has 1 atom stereocenters. The Morgan fingerprint density at radius 2 is 1.81 bits per heavy atom. The van der Waals surface area contributed by atoms with Crippen molar-refractivity contribution in [1.29, 1.82) is 0 Å². The van der Waals surface area contributed by atoms with Gasteiger partial charge < -0.3 is 0 Å². The Labute approximate surface area is 98.9 Å². The van der Waals surface area contributed by atoms with E-state index in [2.05, 4.69) is 6.92 Å². The highest BCUT2D eigenvalue weighted by Crippen LogP contribution is 2.15. The lowest BCUT2D eigenvalue weighted by atomic mass is 9.94. The number of Topliss-reactive ketones (excluding diaryl/α,β-unsaturated/α-hetero) is 1. The first kappa shape index (κ1) is 13.0. The predicted molar refractivity (Wildman–Crippen MR) is 68.7 cm³/mol. The smallest absolute Gasteiger partial charge is 0.165 e. The van der Waals surface area contributed by atoms with Crippen molar-refractivity contribution in [2.24, 2.45) is 5.92 Å². The van der Waals surface area contributed by atoms with Crippen LogP contribution in [-0.4, -0.2) is 5.78 Å². The molecule has 1 aromatic rings. The van der Waals surface area contributed by atoms with E-state index in [4.69, 9.17) is 0 Å². The van der Waals surface area contributed by atoms with Crippen LogP contribution in [0.5, 0.6) is 0 Å². The summed E-state index contributed by atoms with van der Waals surface area (Å²) in [5.41, 5.74) is 0.852. The molecule has 1 rings (SSSR count). The summed E-state index contributed by atoms with van der Waals surface area (Å²) in [6, 6.07) is 9.62. The largest absolute Gasteiger partial charge is 0.294 e. The average molecular weight is 218 g/mol. The van der Waals surface area contributed by atoms with Crippen molar-refractivity contribution in [2.45, 2.75) is 46.0 Å². The standard InChI is InChI=1S/C15H22O/c1-3-4-5-7-10-13(2)15(16)14-11-8-6-9-12-14/h6,8-9,11-13H,3-5,7,10H2,1-2H3. The molecule has 0 aliphatic rings. The molecule has 0 spiro atoms. The molecule has 16 heavy (non-hydrogen) atoms. The van der Waals surface area contributed by atoms with Gasteiger partial charge in [-0.25, -0.2) is 0 Å². The van der Waals surface area contributed by atoms with Gasteiger partial charge >= 0.3 is 0 Å². The Hall–Kier alpha value is -1.11. The molecule has 1 nitrogen and oxygen atoms in total. The Morgan fingerprint density at radius 3 is 2.44 bits per heavy atom. The summed E-state index contributed by atoms with van der Waals surface area (Å²) in [4.78, 5) is 12.0. The van der Waals surface area contributed by atoms with Gasteiger partial charge in [0.15, 0.2) is 5.78 Å². The van der Waals surface area contributed by atoms with Crippen LogP contribution < -0.4 is 0 Å². The lowest BCUT2D eigenvalue weighted by Crippen LogP contribution is -2.11. The van der Waals surface area contributed by atoms with Gasteiger partial charge in [-0.15, -0.1) is 0 Å². The summed E-state index contributed by atoms with van der Waals surface area (Å²) in [5, 5.41) is 0. The van der Waals surface area contributed by atoms with E-state index in [0.717, 1.165) is 12.0 Å². The minimum atomic E-state index is 0.166. The number of carbonyl (C=O) groups excluding carboxylic acids is 1. The van der Waals surface area contributed by atoms with Gasteiger partial charge in [-0.3, -0.25) is 4.79 Å². The highest BCUT2D eigenvalue weighted by Gasteiger charge is 2.13. The molecule has 0 saturated heterocycles. The van der Waals surface area contributed by atoms with Gasteiger partial charge in [-0.05, 0) is 6.42 Å². The molecule has 0 aliphatic heterocycles. The van der Waals surface area contributed by atoms with Crippen molar-refractivity contribution in [3.8, 4) is 0 Å². The maximum absolute atomic E-state index is 12.0. The Balaban J connectivity index is 2.37. The lowest BCUT2D eigenvalue weighted by Gasteiger charge is -2.09. The van der Waals surface area contributed by atoms with E-state index >= 15 is 0 Å². The number of carbonyl (C=O) groups is 1. The average Bonchev–Trinajstić information content (AvgIpc) is 2.34. The number of hydrogen-bond donors (Lipinski definition) is 0. The molecule has 0 saturated carbocycles. The zero-order valence-corrected chi connectivity index (χ0v) is 10.4. The van der Waals surface area contributed by atoms with Crippen LogP contribution in [0.4, 0.5) is 0 Å². The zero-order chi connectivity index (χ0) is 11.8. The molecule has 0 aromatic heterocycles. The van der Waals surface area contributed by atoms with Gasteiger partial charge in [-0.1, -0.05) is 69.9 Å². The van der Waals surface area contributed by atoms with Crippen LogP contribution in [0, 0.1) is 5.92 Å². The Bertz CT molecular complexity index is 302. The van der Waals surface area contributed by atoms with E-state index in [1.54, 1.807) is 0 Å². The van der Waals surface area contributed by atoms with Gasteiger partial charge in [-0.2, -0.15) is 0 Å². The van der Waals surface area contributed by atoms with Crippen LogP contribution in [0.15, 0.2) is 30.3 Å². The van der Waals surface area contributed by atoms with E-state index in [1.165, 1.54) is 25.7 Å². The van der Waals surface area contributed by atoms with E-state index in [1.807, 2.05) is 37.3 Å². The Morgan fingerprint density at radius 1 is 1.12 bits per heavy atom. The van der Waals surface area contributed by atoms with Gasteiger partial charge in [0, 0.05) is 11.5 Å². The minimum Gasteiger partial charge on any atom is -0.294 e. The van der Waals surface area contributed by atoms with Crippen LogP contribution in [0.3, 0.4) is 0 Å². The summed E-state index contributed by atoms with van der Waals surface area (Å²) >= 11 is 0. The van der Waals surface area contributed by atoms with E-state index in [-0.39, 0.29) is 11.7 Å². The van der Waals surface area contributed by atoms with Crippen molar-refractivity contribution in [3.63, 3.8) is 0 Å². The van der Waals surface area contributed by atoms with Crippen molar-refractivity contribution < 1.29 is 4.79 Å². The number of hydrogen-bond acceptors (Lipinski definition) is 1. The van der Waals surface area contributed by atoms with Gasteiger partial charge in [0.1, 0.15) is 0 Å². The monoisotopic (exact) mass is 218 g/mol. The minimum absolute atomic E-state index is 0.166. The first-order valence-corrected chi connectivity index (χ1v) is 6.35. The van der Waals surface area contributed by atoms with Crippen LogP contribution in [-0.2, 0) is 0 Å². The molecule has 88 valence electrons. The summed E-state index contributed by atoms with van der Waals surface area (Å²) in [7, 11) is 0. The van der Waals surface area contributed by atoms with Gasteiger partial charge in [0.05, 0.1) is 0 Å². The van der Waals surface area contributed by atoms with Crippen molar-refractivity contribution in [2.75, 3.05) is 0 Å². The topological polar surface area (TPSA) is 17.1 Å². The molecule has 0 heterocycles. The molecule has 0 aliphatic carbocycles. The van der Waals surface area contributed by atoms with Crippen LogP contribution in [0.25, 0.3) is 0 Å². The second-order valence-electron chi connectivity index (χ2n) is 4.48. The summed E-state index contributed by atoms with van der Waals surface area (Å²) in [5.74, 6) is 0.455. The van der Waals surface area contributed by atoms with E-state index in [0.29, 0.717) is 0 Å². The summed E-state index contributed by atoms with van der Waals surface area (Å²) < 4.78 is 0. The molecule has 0 fully saturated rings. The molecule has 0 radical (unpaired) electrons.